The maximum absolute atomic E-state index is 10.2. The van der Waals surface area contributed by atoms with Crippen molar-refractivity contribution in [3.63, 3.8) is 0 Å². The molecule has 0 aromatic heterocycles. The summed E-state index contributed by atoms with van der Waals surface area (Å²) < 4.78 is 0. The van der Waals surface area contributed by atoms with Crippen LogP contribution in [0.2, 0.25) is 0 Å². The Labute approximate surface area is 235 Å². The molecule has 34 heavy (non-hydrogen) atoms. The van der Waals surface area contributed by atoms with Crippen LogP contribution in [0.15, 0.2) is 12.2 Å². The molecule has 0 bridgehead atoms. The van der Waals surface area contributed by atoms with Gasteiger partial charge in [-0.05, 0) is 32.1 Å². The number of carboxylic acid groups (broad SMARTS) is 1. The van der Waals surface area contributed by atoms with Crippen LogP contribution >= 0.6 is 0 Å². The molecule has 0 spiro atoms. The van der Waals surface area contributed by atoms with E-state index in [1.807, 2.05) is 6.29 Å². The van der Waals surface area contributed by atoms with Crippen LogP contribution in [0, 0.1) is 0 Å². The number of carbonyl (C=O) groups is 1. The monoisotopic (exact) mass is 488 g/mol. The first-order valence-electron chi connectivity index (χ1n) is 14.4. The van der Waals surface area contributed by atoms with Gasteiger partial charge in [-0.3, -0.25) is 11.1 Å². The number of aliphatic carboxylic acids is 1. The smallest absolute Gasteiger partial charge is 0.542 e. The first-order valence-corrected chi connectivity index (χ1v) is 14.4. The molecule has 0 amide bonds. The minimum Gasteiger partial charge on any atom is -0.542 e. The van der Waals surface area contributed by atoms with E-state index in [-0.39, 0.29) is 29.6 Å². The predicted octanol–water partition coefficient (Wildman–Crippen LogP) is 7.13. The van der Waals surface area contributed by atoms with Gasteiger partial charge in [0.25, 0.3) is 0 Å². The number of rotatable bonds is 25. The van der Waals surface area contributed by atoms with Crippen LogP contribution in [0.25, 0.3) is 0 Å². The fraction of sp³-hybridized carbons (Fsp3) is 0.867. The van der Waals surface area contributed by atoms with E-state index in [1.54, 1.807) is 0 Å². The summed E-state index contributed by atoms with van der Waals surface area (Å²) in [6.07, 6.45) is 35.7. The van der Waals surface area contributed by atoms with Crippen molar-refractivity contribution in [1.29, 1.82) is 0 Å². The average Bonchev–Trinajstić information content (AvgIpc) is 2.81. The van der Waals surface area contributed by atoms with Gasteiger partial charge in [0.2, 0.25) is 0 Å². The molecule has 1 N–H and O–H groups in total. The van der Waals surface area contributed by atoms with Crippen molar-refractivity contribution in [1.82, 2.24) is 0 Å². The Balaban J connectivity index is -0.000000573. The van der Waals surface area contributed by atoms with Crippen LogP contribution in [-0.4, -0.2) is 17.4 Å². The van der Waals surface area contributed by atoms with Crippen LogP contribution in [0.1, 0.15) is 168 Å². The summed E-state index contributed by atoms with van der Waals surface area (Å²) in [6.45, 7) is 4.50. The Morgan fingerprint density at radius 1 is 0.588 bits per heavy atom. The van der Waals surface area contributed by atoms with Crippen molar-refractivity contribution in [3.8, 4) is 0 Å². The molecule has 0 unspecified atom stereocenters. The van der Waals surface area contributed by atoms with E-state index in [0.29, 0.717) is 12.8 Å². The maximum atomic E-state index is 10.2. The van der Waals surface area contributed by atoms with Crippen molar-refractivity contribution < 1.29 is 44.3 Å². The Kier molecular flexibility index (Phi) is 42.3. The van der Waals surface area contributed by atoms with Crippen molar-refractivity contribution in [2.75, 3.05) is 0 Å². The second-order valence-electron chi connectivity index (χ2n) is 9.45. The third kappa shape index (κ3) is 42.1. The molecule has 0 aliphatic carbocycles. The van der Waals surface area contributed by atoms with E-state index >= 15 is 0 Å². The summed E-state index contributed by atoms with van der Waals surface area (Å²) in [5.41, 5.74) is 0. The van der Waals surface area contributed by atoms with Gasteiger partial charge in [-0.25, -0.2) is 0 Å². The van der Waals surface area contributed by atoms with E-state index in [4.69, 9.17) is 5.11 Å². The molecule has 0 aliphatic heterocycles. The van der Waals surface area contributed by atoms with E-state index in [0.717, 1.165) is 19.3 Å². The Hall–Kier alpha value is -0.120. The minimum absolute atomic E-state index is 0. The Morgan fingerprint density at radius 3 is 1.32 bits per heavy atom. The molecular weight excluding hydrogens is 431 g/mol. The van der Waals surface area contributed by atoms with Gasteiger partial charge in [0, 0.05) is 6.42 Å². The second-order valence-corrected chi connectivity index (χ2v) is 9.45. The number of carboxylic acids is 1. The summed E-state index contributed by atoms with van der Waals surface area (Å²) >= 11 is 0. The van der Waals surface area contributed by atoms with Crippen LogP contribution in [-0.2, 0) is 9.59 Å². The van der Waals surface area contributed by atoms with Crippen molar-refractivity contribution in [2.24, 2.45) is 0 Å². The van der Waals surface area contributed by atoms with E-state index in [9.17, 15) is 9.59 Å². The molecule has 0 saturated carbocycles. The summed E-state index contributed by atoms with van der Waals surface area (Å²) in [7, 11) is 0. The average molecular weight is 489 g/mol. The maximum Gasteiger partial charge on any atom is 1.00 e. The van der Waals surface area contributed by atoms with Crippen LogP contribution < -0.4 is 29.6 Å². The van der Waals surface area contributed by atoms with Crippen LogP contribution in [0.5, 0.6) is 0 Å². The predicted molar refractivity (Wildman–Crippen MR) is 145 cm³/mol. The molecule has 4 heteroatoms. The molecule has 196 valence electrons. The second kappa shape index (κ2) is 37.4. The van der Waals surface area contributed by atoms with Crippen molar-refractivity contribution in [3.05, 3.63) is 12.2 Å². The number of hydrogen-bond acceptors (Lipinski definition) is 2. The van der Waals surface area contributed by atoms with Gasteiger partial charge in [0.1, 0.15) is 0 Å². The Morgan fingerprint density at radius 2 is 0.941 bits per heavy atom. The zero-order valence-corrected chi connectivity index (χ0v) is 25.4. The van der Waals surface area contributed by atoms with E-state index < -0.39 is 5.97 Å². The number of allylic oxidation sites excluding steroid dienone is 2. The molecule has 0 aromatic rings. The molecule has 3 nitrogen and oxygen atoms in total. The van der Waals surface area contributed by atoms with Crippen LogP contribution in [0.4, 0.5) is 0 Å². The SMILES string of the molecule is CCCCCCCC/C=C\CCCCCCC[C-]=O.CCCCCCCCCCCC(=O)O.[Na+]. The molecule has 0 heterocycles. The standard InChI is InChI=1S/C18H33O.C12H24O2.Na/c1-2-3-4-5-6-7-8-9-10-11-12-13-14-15-16-17-18-19;1-2-3-4-5-6-7-8-9-10-11-12(13)14;/h9-10H,2-8,11-17H2,1H3;2-11H2,1H3,(H,13,14);/q-1;;+1/b10-9-;;. The largest absolute Gasteiger partial charge is 1.00 e. The molecular formula is C30H57NaO3. The van der Waals surface area contributed by atoms with Gasteiger partial charge in [-0.1, -0.05) is 135 Å². The number of carbonyl (C=O) groups excluding carboxylic acids is 1. The molecule has 0 aliphatic rings. The molecule has 0 saturated heterocycles. The fourth-order valence-electron chi connectivity index (χ4n) is 3.85. The van der Waals surface area contributed by atoms with Gasteiger partial charge < -0.3 is 9.90 Å². The number of hydrogen-bond donors (Lipinski definition) is 1. The summed E-state index contributed by atoms with van der Waals surface area (Å²) in [5, 5.41) is 8.41. The topological polar surface area (TPSA) is 54.4 Å². The van der Waals surface area contributed by atoms with Gasteiger partial charge in [-0.2, -0.15) is 6.42 Å². The summed E-state index contributed by atoms with van der Waals surface area (Å²) in [4.78, 5) is 20.2. The third-order valence-electron chi connectivity index (χ3n) is 6.03. The fourth-order valence-corrected chi connectivity index (χ4v) is 3.85. The van der Waals surface area contributed by atoms with Gasteiger partial charge in [0.05, 0.1) is 0 Å². The zero-order valence-electron chi connectivity index (χ0n) is 23.4. The zero-order chi connectivity index (χ0) is 24.7. The summed E-state index contributed by atoms with van der Waals surface area (Å²) in [6, 6.07) is 0. The van der Waals surface area contributed by atoms with Crippen LogP contribution in [0.3, 0.4) is 0 Å². The third-order valence-corrected chi connectivity index (χ3v) is 6.03. The molecule has 0 atom stereocenters. The van der Waals surface area contributed by atoms with E-state index in [1.165, 1.54) is 122 Å². The first-order chi connectivity index (χ1) is 16.2. The number of unbranched alkanes of at least 4 members (excludes halogenated alkanes) is 20. The Bertz CT molecular complexity index is 410. The molecule has 0 radical (unpaired) electrons. The van der Waals surface area contributed by atoms with Gasteiger partial charge >= 0.3 is 35.5 Å². The quantitative estimate of drug-likeness (QED) is 0.0643. The minimum atomic E-state index is -0.659. The molecule has 0 rings (SSSR count). The van der Waals surface area contributed by atoms with Gasteiger partial charge in [-0.15, -0.1) is 0 Å². The molecule has 0 aromatic carbocycles. The summed E-state index contributed by atoms with van der Waals surface area (Å²) in [5.74, 6) is -0.659. The van der Waals surface area contributed by atoms with Gasteiger partial charge in [0.15, 0.2) is 0 Å². The molecule has 0 fully saturated rings. The normalized spacial score (nSPS) is 10.5. The van der Waals surface area contributed by atoms with E-state index in [2.05, 4.69) is 26.0 Å². The van der Waals surface area contributed by atoms with Crippen molar-refractivity contribution in [2.45, 2.75) is 168 Å². The first kappa shape index (κ1) is 38.4. The van der Waals surface area contributed by atoms with Crippen molar-refractivity contribution >= 4 is 12.3 Å².